The third kappa shape index (κ3) is 3.01. The van der Waals surface area contributed by atoms with E-state index in [1.165, 1.54) is 0 Å². The molecule has 1 aromatic heterocycles. The van der Waals surface area contributed by atoms with Gasteiger partial charge in [0.25, 0.3) is 0 Å². The molecular formula is C8H14ClN5. The molecular weight excluding hydrogens is 202 g/mol. The third-order valence-electron chi connectivity index (χ3n) is 1.41. The van der Waals surface area contributed by atoms with E-state index < -0.39 is 0 Å². The Hall–Kier alpha value is -1.07. The van der Waals surface area contributed by atoms with Gasteiger partial charge in [-0.3, -0.25) is 0 Å². The fraction of sp³-hybridized carbons (Fsp3) is 0.500. The van der Waals surface area contributed by atoms with Gasteiger partial charge in [-0.1, -0.05) is 11.6 Å². The van der Waals surface area contributed by atoms with Gasteiger partial charge in [-0.05, 0) is 6.92 Å². The zero-order valence-corrected chi connectivity index (χ0v) is 9.26. The molecule has 1 rings (SSSR count). The van der Waals surface area contributed by atoms with Gasteiger partial charge in [-0.15, -0.1) is 0 Å². The highest BCUT2D eigenvalue weighted by molar-refractivity contribution is 6.32. The number of hydrazine groups is 1. The van der Waals surface area contributed by atoms with Crippen LogP contribution >= 0.6 is 11.6 Å². The molecule has 1 aromatic rings. The zero-order valence-electron chi connectivity index (χ0n) is 8.50. The van der Waals surface area contributed by atoms with Crippen LogP contribution < -0.4 is 10.7 Å². The molecule has 0 saturated carbocycles. The van der Waals surface area contributed by atoms with Crippen molar-refractivity contribution in [3.05, 3.63) is 11.2 Å². The van der Waals surface area contributed by atoms with Crippen molar-refractivity contribution in [2.75, 3.05) is 31.4 Å². The zero-order chi connectivity index (χ0) is 10.6. The molecule has 0 aliphatic rings. The van der Waals surface area contributed by atoms with Gasteiger partial charge in [0.05, 0.1) is 6.20 Å². The highest BCUT2D eigenvalue weighted by Crippen LogP contribution is 2.19. The monoisotopic (exact) mass is 215 g/mol. The second-order valence-corrected chi connectivity index (χ2v) is 3.33. The summed E-state index contributed by atoms with van der Waals surface area (Å²) in [5, 5.41) is 5.28. The number of halogens is 1. The first-order valence-electron chi connectivity index (χ1n) is 4.34. The van der Waals surface area contributed by atoms with Crippen LogP contribution in [0.25, 0.3) is 0 Å². The quantitative estimate of drug-likeness (QED) is 0.745. The Morgan fingerprint density at radius 2 is 2.21 bits per heavy atom. The number of nitrogens with zero attached hydrogens (tertiary/aromatic N) is 3. The fourth-order valence-corrected chi connectivity index (χ4v) is 1.03. The van der Waals surface area contributed by atoms with Crippen LogP contribution in [0.1, 0.15) is 6.92 Å². The Morgan fingerprint density at radius 1 is 1.50 bits per heavy atom. The molecule has 0 amide bonds. The Labute approximate surface area is 88.5 Å². The maximum Gasteiger partial charge on any atom is 0.224 e. The summed E-state index contributed by atoms with van der Waals surface area (Å²) >= 11 is 5.90. The van der Waals surface area contributed by atoms with Crippen molar-refractivity contribution < 1.29 is 0 Å². The minimum absolute atomic E-state index is 0.500. The molecule has 6 heteroatoms. The lowest BCUT2D eigenvalue weighted by atomic mass is 10.6. The second kappa shape index (κ2) is 4.97. The first kappa shape index (κ1) is 11.0. The highest BCUT2D eigenvalue weighted by Gasteiger charge is 2.04. The van der Waals surface area contributed by atoms with Crippen molar-refractivity contribution in [1.82, 2.24) is 15.0 Å². The van der Waals surface area contributed by atoms with Crippen molar-refractivity contribution in [3.63, 3.8) is 0 Å². The largest absolute Gasteiger partial charge is 0.354 e. The van der Waals surface area contributed by atoms with Crippen LogP contribution in [0.5, 0.6) is 0 Å². The molecule has 5 nitrogen and oxygen atoms in total. The lowest BCUT2D eigenvalue weighted by Crippen LogP contribution is -2.21. The standard InChI is InChI=1S/C8H14ClN5/c1-4-10-8-11-5-6(9)7(12-8)13-14(2)3/h5H,4H2,1-3H3,(H2,10,11,12,13). The van der Waals surface area contributed by atoms with Gasteiger partial charge < -0.3 is 10.7 Å². The van der Waals surface area contributed by atoms with Gasteiger partial charge in [0, 0.05) is 20.6 Å². The topological polar surface area (TPSA) is 53.1 Å². The molecule has 0 aromatic carbocycles. The normalized spacial score (nSPS) is 10.4. The summed E-state index contributed by atoms with van der Waals surface area (Å²) in [6.45, 7) is 2.76. The van der Waals surface area contributed by atoms with Crippen molar-refractivity contribution in [1.29, 1.82) is 0 Å². The molecule has 0 bridgehead atoms. The van der Waals surface area contributed by atoms with Gasteiger partial charge >= 0.3 is 0 Å². The summed E-state index contributed by atoms with van der Waals surface area (Å²) in [5.41, 5.74) is 2.98. The molecule has 0 saturated heterocycles. The van der Waals surface area contributed by atoms with E-state index >= 15 is 0 Å². The third-order valence-corrected chi connectivity index (χ3v) is 1.69. The summed E-state index contributed by atoms with van der Waals surface area (Å²) in [5.74, 6) is 1.17. The van der Waals surface area contributed by atoms with E-state index in [1.54, 1.807) is 11.2 Å². The number of aromatic nitrogens is 2. The van der Waals surface area contributed by atoms with E-state index in [0.29, 0.717) is 16.8 Å². The minimum Gasteiger partial charge on any atom is -0.354 e. The Kier molecular flexibility index (Phi) is 3.91. The van der Waals surface area contributed by atoms with Crippen LogP contribution in [0, 0.1) is 0 Å². The lowest BCUT2D eigenvalue weighted by molar-refractivity contribution is 0.492. The van der Waals surface area contributed by atoms with Crippen LogP contribution in [0.3, 0.4) is 0 Å². The van der Waals surface area contributed by atoms with E-state index in [4.69, 9.17) is 11.6 Å². The number of nitrogens with one attached hydrogen (secondary N) is 2. The summed E-state index contributed by atoms with van der Waals surface area (Å²) in [6.07, 6.45) is 1.57. The first-order valence-corrected chi connectivity index (χ1v) is 4.71. The lowest BCUT2D eigenvalue weighted by Gasteiger charge is -2.14. The average molecular weight is 216 g/mol. The Balaban J connectivity index is 2.84. The van der Waals surface area contributed by atoms with Crippen LogP contribution in [-0.2, 0) is 0 Å². The fourth-order valence-electron chi connectivity index (χ4n) is 0.901. The molecule has 0 spiro atoms. The van der Waals surface area contributed by atoms with E-state index in [-0.39, 0.29) is 0 Å². The maximum atomic E-state index is 5.90. The Morgan fingerprint density at radius 3 is 2.79 bits per heavy atom. The molecule has 14 heavy (non-hydrogen) atoms. The van der Waals surface area contributed by atoms with E-state index in [9.17, 15) is 0 Å². The van der Waals surface area contributed by atoms with Crippen LogP contribution in [0.4, 0.5) is 11.8 Å². The number of rotatable bonds is 4. The SMILES string of the molecule is CCNc1ncc(Cl)c(NN(C)C)n1. The van der Waals surface area contributed by atoms with Gasteiger partial charge in [0.2, 0.25) is 5.95 Å². The van der Waals surface area contributed by atoms with Gasteiger partial charge in [-0.2, -0.15) is 4.98 Å². The minimum atomic E-state index is 0.500. The maximum absolute atomic E-state index is 5.90. The Bertz CT molecular complexity index is 302. The summed E-state index contributed by atoms with van der Waals surface area (Å²) in [6, 6.07) is 0. The molecule has 0 aliphatic carbocycles. The smallest absolute Gasteiger partial charge is 0.224 e. The van der Waals surface area contributed by atoms with E-state index in [0.717, 1.165) is 6.54 Å². The highest BCUT2D eigenvalue weighted by atomic mass is 35.5. The molecule has 0 radical (unpaired) electrons. The molecule has 0 fully saturated rings. The predicted octanol–water partition coefficient (Wildman–Crippen LogP) is 1.45. The van der Waals surface area contributed by atoms with Gasteiger partial charge in [-0.25, -0.2) is 9.99 Å². The van der Waals surface area contributed by atoms with Crippen molar-refractivity contribution in [3.8, 4) is 0 Å². The summed E-state index contributed by atoms with van der Waals surface area (Å²) < 4.78 is 0. The van der Waals surface area contributed by atoms with Crippen molar-refractivity contribution in [2.45, 2.75) is 6.92 Å². The average Bonchev–Trinajstić information content (AvgIpc) is 2.10. The second-order valence-electron chi connectivity index (χ2n) is 2.93. The summed E-state index contributed by atoms with van der Waals surface area (Å²) in [7, 11) is 3.73. The molecule has 0 atom stereocenters. The van der Waals surface area contributed by atoms with Crippen molar-refractivity contribution in [2.24, 2.45) is 0 Å². The number of anilines is 2. The van der Waals surface area contributed by atoms with E-state index in [2.05, 4.69) is 20.7 Å². The molecule has 1 heterocycles. The van der Waals surface area contributed by atoms with E-state index in [1.807, 2.05) is 21.0 Å². The number of hydrogen-bond acceptors (Lipinski definition) is 5. The first-order chi connectivity index (χ1) is 6.63. The van der Waals surface area contributed by atoms with Crippen LogP contribution in [0.2, 0.25) is 5.02 Å². The molecule has 0 aliphatic heterocycles. The molecule has 2 N–H and O–H groups in total. The van der Waals surface area contributed by atoms with Gasteiger partial charge in [0.15, 0.2) is 5.82 Å². The van der Waals surface area contributed by atoms with Crippen LogP contribution in [-0.4, -0.2) is 35.6 Å². The summed E-state index contributed by atoms with van der Waals surface area (Å²) in [4.78, 5) is 8.22. The predicted molar refractivity (Wildman–Crippen MR) is 58.5 cm³/mol. The van der Waals surface area contributed by atoms with Gasteiger partial charge in [0.1, 0.15) is 5.02 Å². The van der Waals surface area contributed by atoms with Crippen molar-refractivity contribution >= 4 is 23.4 Å². The van der Waals surface area contributed by atoms with Crippen LogP contribution in [0.15, 0.2) is 6.20 Å². The molecule has 0 unspecified atom stereocenters. The molecule has 78 valence electrons. The number of hydrogen-bond donors (Lipinski definition) is 2.